The maximum Gasteiger partial charge on any atom is 0.407 e. The summed E-state index contributed by atoms with van der Waals surface area (Å²) in [6.45, 7) is 5.40. The van der Waals surface area contributed by atoms with Gasteiger partial charge in [0.2, 0.25) is 0 Å². The Hall–Kier alpha value is -2.41. The average Bonchev–Trinajstić information content (AvgIpc) is 2.60. The highest BCUT2D eigenvalue weighted by atomic mass is 16.6. The van der Waals surface area contributed by atoms with E-state index in [4.69, 9.17) is 4.74 Å². The Morgan fingerprint density at radius 1 is 1.30 bits per heavy atom. The number of nitrogens with one attached hydrogen (secondary N) is 1. The van der Waals surface area contributed by atoms with Gasteiger partial charge in [0, 0.05) is 24.3 Å². The van der Waals surface area contributed by atoms with Crippen LogP contribution >= 0.6 is 0 Å². The number of carbonyl (C=O) groups excluding carboxylic acids is 1. The molecule has 1 aliphatic rings. The summed E-state index contributed by atoms with van der Waals surface area (Å²) in [6, 6.07) is 5.18. The van der Waals surface area contributed by atoms with Gasteiger partial charge in [-0.15, -0.1) is 0 Å². The zero-order valence-electron chi connectivity index (χ0n) is 16.1. The molecular weight excluding hydrogens is 346 g/mol. The van der Waals surface area contributed by atoms with E-state index in [0.29, 0.717) is 5.56 Å². The van der Waals surface area contributed by atoms with Crippen LogP contribution in [0, 0.1) is 0 Å². The fourth-order valence-electron chi connectivity index (χ4n) is 3.59. The number of hydrogen-bond acceptors (Lipinski definition) is 5. The summed E-state index contributed by atoms with van der Waals surface area (Å²) in [5, 5.41) is 12.3. The first-order chi connectivity index (χ1) is 12.8. The second kappa shape index (κ2) is 7.68. The number of pyridine rings is 2. The number of amides is 1. The number of fused-ring (bicyclic) bond motifs is 1. The standard InChI is InChI=1S/C20H27N3O4/c1-20(2,3)27-19(26)22-14-4-6-15(7-5-14)23-17-10-13(12-24)11-21-16(17)8-9-18(23)25/h8-11,14-15,24H,4-7,12H2,1-3H3,(H,22,26). The summed E-state index contributed by atoms with van der Waals surface area (Å²) in [6.07, 6.45) is 4.34. The van der Waals surface area contributed by atoms with Crippen molar-refractivity contribution in [3.05, 3.63) is 40.3 Å². The van der Waals surface area contributed by atoms with Gasteiger partial charge in [0.1, 0.15) is 5.60 Å². The first kappa shape index (κ1) is 19.4. The Bertz CT molecular complexity index is 877. The van der Waals surface area contributed by atoms with Crippen molar-refractivity contribution in [1.82, 2.24) is 14.9 Å². The molecule has 1 fully saturated rings. The zero-order valence-corrected chi connectivity index (χ0v) is 16.1. The van der Waals surface area contributed by atoms with Crippen LogP contribution in [0.2, 0.25) is 0 Å². The smallest absolute Gasteiger partial charge is 0.407 e. The fraction of sp³-hybridized carbons (Fsp3) is 0.550. The minimum absolute atomic E-state index is 0.0490. The van der Waals surface area contributed by atoms with Gasteiger partial charge in [-0.1, -0.05) is 0 Å². The van der Waals surface area contributed by atoms with Crippen molar-refractivity contribution >= 4 is 17.1 Å². The van der Waals surface area contributed by atoms with Gasteiger partial charge in [0.15, 0.2) is 0 Å². The number of alkyl carbamates (subject to hydrolysis) is 1. The van der Waals surface area contributed by atoms with E-state index in [1.807, 2.05) is 26.8 Å². The second-order valence-electron chi connectivity index (χ2n) is 8.10. The SMILES string of the molecule is CC(C)(C)OC(=O)NC1CCC(n2c(=O)ccc3ncc(CO)cc32)CC1. The van der Waals surface area contributed by atoms with Gasteiger partial charge < -0.3 is 19.7 Å². The van der Waals surface area contributed by atoms with Gasteiger partial charge >= 0.3 is 6.09 Å². The van der Waals surface area contributed by atoms with E-state index in [9.17, 15) is 14.7 Å². The molecular formula is C20H27N3O4. The monoisotopic (exact) mass is 373 g/mol. The van der Waals surface area contributed by atoms with Crippen LogP contribution in [0.5, 0.6) is 0 Å². The van der Waals surface area contributed by atoms with Gasteiger partial charge in [0.05, 0.1) is 17.6 Å². The first-order valence-electron chi connectivity index (χ1n) is 9.37. The van der Waals surface area contributed by atoms with E-state index in [1.165, 1.54) is 0 Å². The lowest BCUT2D eigenvalue weighted by molar-refractivity contribution is 0.0488. The van der Waals surface area contributed by atoms with Gasteiger partial charge in [-0.2, -0.15) is 0 Å². The summed E-state index contributed by atoms with van der Waals surface area (Å²) in [4.78, 5) is 28.8. The molecule has 0 bridgehead atoms. The number of ether oxygens (including phenoxy) is 1. The predicted octanol–water partition coefficient (Wildman–Crippen LogP) is 2.90. The third-order valence-electron chi connectivity index (χ3n) is 4.80. The lowest BCUT2D eigenvalue weighted by atomic mass is 9.90. The van der Waals surface area contributed by atoms with Crippen molar-refractivity contribution in [3.63, 3.8) is 0 Å². The molecule has 0 aliphatic heterocycles. The van der Waals surface area contributed by atoms with E-state index in [-0.39, 0.29) is 24.2 Å². The molecule has 0 atom stereocenters. The number of carbonyl (C=O) groups is 1. The van der Waals surface area contributed by atoms with Gasteiger partial charge in [-0.05, 0) is 64.2 Å². The molecule has 0 spiro atoms. The first-order valence-corrected chi connectivity index (χ1v) is 9.37. The van der Waals surface area contributed by atoms with Crippen LogP contribution in [0.3, 0.4) is 0 Å². The van der Waals surface area contributed by atoms with Crippen molar-refractivity contribution in [1.29, 1.82) is 0 Å². The van der Waals surface area contributed by atoms with Gasteiger partial charge in [-0.25, -0.2) is 4.79 Å². The molecule has 2 N–H and O–H groups in total. The number of aliphatic hydroxyl groups excluding tert-OH is 1. The summed E-state index contributed by atoms with van der Waals surface area (Å²) >= 11 is 0. The molecule has 27 heavy (non-hydrogen) atoms. The highest BCUT2D eigenvalue weighted by Crippen LogP contribution is 2.30. The normalized spacial score (nSPS) is 20.4. The Kier molecular flexibility index (Phi) is 5.51. The number of hydrogen-bond donors (Lipinski definition) is 2. The average molecular weight is 373 g/mol. The van der Waals surface area contributed by atoms with E-state index < -0.39 is 11.7 Å². The van der Waals surface area contributed by atoms with Crippen molar-refractivity contribution in [2.45, 2.75) is 70.7 Å². The minimum atomic E-state index is -0.519. The van der Waals surface area contributed by atoms with Crippen LogP contribution in [-0.2, 0) is 11.3 Å². The van der Waals surface area contributed by atoms with Crippen LogP contribution in [0.15, 0.2) is 29.2 Å². The predicted molar refractivity (Wildman–Crippen MR) is 103 cm³/mol. The Morgan fingerprint density at radius 3 is 2.63 bits per heavy atom. The molecule has 0 unspecified atom stereocenters. The third-order valence-corrected chi connectivity index (χ3v) is 4.80. The molecule has 2 aromatic rings. The molecule has 146 valence electrons. The molecule has 2 aromatic heterocycles. The molecule has 1 amide bonds. The quantitative estimate of drug-likeness (QED) is 0.863. The number of aromatic nitrogens is 2. The highest BCUT2D eigenvalue weighted by Gasteiger charge is 2.26. The minimum Gasteiger partial charge on any atom is -0.444 e. The summed E-state index contributed by atoms with van der Waals surface area (Å²) in [5.74, 6) is 0. The Morgan fingerprint density at radius 2 is 2.00 bits per heavy atom. The molecule has 2 heterocycles. The zero-order chi connectivity index (χ0) is 19.6. The van der Waals surface area contributed by atoms with E-state index in [2.05, 4.69) is 10.3 Å². The maximum absolute atomic E-state index is 12.5. The second-order valence-corrected chi connectivity index (χ2v) is 8.10. The summed E-state index contributed by atoms with van der Waals surface area (Å²) in [7, 11) is 0. The largest absolute Gasteiger partial charge is 0.444 e. The van der Waals surface area contributed by atoms with E-state index in [1.54, 1.807) is 22.9 Å². The van der Waals surface area contributed by atoms with Crippen LogP contribution in [0.1, 0.15) is 58.1 Å². The third kappa shape index (κ3) is 4.66. The Balaban J connectivity index is 1.74. The molecule has 0 aromatic carbocycles. The van der Waals surface area contributed by atoms with Gasteiger partial charge in [0.25, 0.3) is 5.56 Å². The van der Waals surface area contributed by atoms with Crippen LogP contribution < -0.4 is 10.9 Å². The topological polar surface area (TPSA) is 93.5 Å². The van der Waals surface area contributed by atoms with Gasteiger partial charge in [-0.3, -0.25) is 9.78 Å². The molecule has 0 radical (unpaired) electrons. The number of nitrogens with zero attached hydrogens (tertiary/aromatic N) is 2. The summed E-state index contributed by atoms with van der Waals surface area (Å²) in [5.41, 5.74) is 1.58. The number of rotatable bonds is 3. The van der Waals surface area contributed by atoms with Crippen molar-refractivity contribution < 1.29 is 14.6 Å². The Labute approximate surface area is 158 Å². The van der Waals surface area contributed by atoms with Crippen molar-refractivity contribution in [2.24, 2.45) is 0 Å². The molecule has 7 heteroatoms. The lowest BCUT2D eigenvalue weighted by Crippen LogP contribution is -2.41. The molecule has 1 saturated carbocycles. The van der Waals surface area contributed by atoms with E-state index in [0.717, 1.165) is 36.7 Å². The molecule has 3 rings (SSSR count). The van der Waals surface area contributed by atoms with Crippen LogP contribution in [-0.4, -0.2) is 32.4 Å². The fourth-order valence-corrected chi connectivity index (χ4v) is 3.59. The number of aliphatic hydroxyl groups is 1. The lowest BCUT2D eigenvalue weighted by Gasteiger charge is -2.31. The highest BCUT2D eigenvalue weighted by molar-refractivity contribution is 5.75. The van der Waals surface area contributed by atoms with Crippen LogP contribution in [0.4, 0.5) is 4.79 Å². The van der Waals surface area contributed by atoms with Crippen LogP contribution in [0.25, 0.3) is 11.0 Å². The maximum atomic E-state index is 12.5. The van der Waals surface area contributed by atoms with Crippen molar-refractivity contribution in [2.75, 3.05) is 0 Å². The van der Waals surface area contributed by atoms with Crippen molar-refractivity contribution in [3.8, 4) is 0 Å². The summed E-state index contributed by atoms with van der Waals surface area (Å²) < 4.78 is 7.10. The molecule has 1 aliphatic carbocycles. The molecule has 0 saturated heterocycles. The van der Waals surface area contributed by atoms with E-state index >= 15 is 0 Å². The molecule has 7 nitrogen and oxygen atoms in total.